The van der Waals surface area contributed by atoms with E-state index in [1.165, 1.54) is 0 Å². The zero-order valence-electron chi connectivity index (χ0n) is 19.9. The molecule has 2 amide bonds. The lowest BCUT2D eigenvalue weighted by Gasteiger charge is -2.36. The van der Waals surface area contributed by atoms with Gasteiger partial charge in [0.25, 0.3) is 11.8 Å². The predicted molar refractivity (Wildman–Crippen MR) is 133 cm³/mol. The molecule has 8 nitrogen and oxygen atoms in total. The van der Waals surface area contributed by atoms with E-state index in [1.807, 2.05) is 27.7 Å². The van der Waals surface area contributed by atoms with E-state index in [0.717, 1.165) is 24.2 Å². The number of rotatable bonds is 6. The summed E-state index contributed by atoms with van der Waals surface area (Å²) in [5.41, 5.74) is 4.53. The maximum Gasteiger partial charge on any atom is 0.256 e. The van der Waals surface area contributed by atoms with Crippen LogP contribution in [-0.4, -0.2) is 71.3 Å². The number of carbonyl (C=O) groups is 2. The Hall–Kier alpha value is -2.65. The molecule has 4 rings (SSSR count). The van der Waals surface area contributed by atoms with E-state index in [2.05, 4.69) is 20.5 Å². The molecule has 0 radical (unpaired) electrons. The third-order valence-corrected chi connectivity index (χ3v) is 6.45. The van der Waals surface area contributed by atoms with E-state index < -0.39 is 6.10 Å². The third kappa shape index (κ3) is 5.20. The average Bonchev–Trinajstić information content (AvgIpc) is 3.20. The number of hydrogen-bond donors (Lipinski definition) is 4. The van der Waals surface area contributed by atoms with E-state index >= 15 is 0 Å². The van der Waals surface area contributed by atoms with Gasteiger partial charge in [0.1, 0.15) is 0 Å². The molecular weight excluding hydrogens is 456 g/mol. The van der Waals surface area contributed by atoms with E-state index in [-0.39, 0.29) is 30.6 Å². The molecule has 1 aromatic carbocycles. The van der Waals surface area contributed by atoms with Gasteiger partial charge >= 0.3 is 0 Å². The number of aliphatic hydroxyl groups excluding tert-OH is 1. The minimum atomic E-state index is -0.689. The SMILES string of the molecule is Cc1[nH]c(C=C2C(=O)Nc3ccc(Cl)cc32)c(C)c1C(=O)NCC(O)CN1CC(C)OC(C)C1. The Bertz CT molecular complexity index is 1130. The lowest BCUT2D eigenvalue weighted by atomic mass is 10.0. The monoisotopic (exact) mass is 486 g/mol. The van der Waals surface area contributed by atoms with Crippen molar-refractivity contribution in [3.05, 3.63) is 51.3 Å². The highest BCUT2D eigenvalue weighted by atomic mass is 35.5. The molecule has 182 valence electrons. The van der Waals surface area contributed by atoms with Crippen molar-refractivity contribution in [2.75, 3.05) is 31.5 Å². The molecule has 1 saturated heterocycles. The van der Waals surface area contributed by atoms with Crippen molar-refractivity contribution in [3.63, 3.8) is 0 Å². The minimum absolute atomic E-state index is 0.119. The van der Waals surface area contributed by atoms with Crippen molar-refractivity contribution in [1.82, 2.24) is 15.2 Å². The third-order valence-electron chi connectivity index (χ3n) is 6.22. The van der Waals surface area contributed by atoms with Gasteiger partial charge in [-0.1, -0.05) is 11.6 Å². The second kappa shape index (κ2) is 9.92. The number of hydrogen-bond acceptors (Lipinski definition) is 5. The summed E-state index contributed by atoms with van der Waals surface area (Å²) in [4.78, 5) is 30.8. The number of aromatic amines is 1. The van der Waals surface area contributed by atoms with Crippen LogP contribution in [0.3, 0.4) is 0 Å². The van der Waals surface area contributed by atoms with Gasteiger partial charge in [0.2, 0.25) is 0 Å². The average molecular weight is 487 g/mol. The van der Waals surface area contributed by atoms with Crippen LogP contribution < -0.4 is 10.6 Å². The Labute approximate surface area is 204 Å². The Balaban J connectivity index is 1.44. The first-order valence-corrected chi connectivity index (χ1v) is 11.9. The molecule has 2 aromatic rings. The fraction of sp³-hybridized carbons (Fsp3) is 0.440. The van der Waals surface area contributed by atoms with E-state index in [1.54, 1.807) is 24.3 Å². The van der Waals surface area contributed by atoms with Crippen molar-refractivity contribution < 1.29 is 19.4 Å². The highest BCUT2D eigenvalue weighted by Crippen LogP contribution is 2.35. The molecule has 9 heteroatoms. The standard InChI is InChI=1S/C25H31ClN4O4/c1-13-10-30(11-14(2)34-13)12-18(31)9-27-25(33)23-15(3)22(28-16(23)4)8-20-19-7-17(26)5-6-21(19)29-24(20)32/h5-8,13-14,18,28,31H,9-12H2,1-4H3,(H,27,33)(H,29,32). The first kappa shape index (κ1) is 24.5. The molecule has 3 unspecified atom stereocenters. The fourth-order valence-electron chi connectivity index (χ4n) is 4.80. The molecule has 1 aromatic heterocycles. The highest BCUT2D eigenvalue weighted by molar-refractivity contribution is 6.36. The van der Waals surface area contributed by atoms with Crippen LogP contribution in [0.4, 0.5) is 5.69 Å². The summed E-state index contributed by atoms with van der Waals surface area (Å²) in [7, 11) is 0. The number of ether oxygens (including phenoxy) is 1. The Morgan fingerprint density at radius 2 is 2.03 bits per heavy atom. The molecule has 0 spiro atoms. The van der Waals surface area contributed by atoms with Gasteiger partial charge in [-0.2, -0.15) is 0 Å². The van der Waals surface area contributed by atoms with Gasteiger partial charge < -0.3 is 25.5 Å². The molecule has 3 heterocycles. The van der Waals surface area contributed by atoms with Gasteiger partial charge in [-0.15, -0.1) is 0 Å². The van der Waals surface area contributed by atoms with Crippen molar-refractivity contribution >= 4 is 40.8 Å². The summed E-state index contributed by atoms with van der Waals surface area (Å²) in [6.07, 6.45) is 1.29. The number of anilines is 1. The largest absolute Gasteiger partial charge is 0.390 e. The summed E-state index contributed by atoms with van der Waals surface area (Å²) in [6.45, 7) is 9.81. The zero-order valence-corrected chi connectivity index (χ0v) is 20.6. The number of morpholine rings is 1. The van der Waals surface area contributed by atoms with Crippen LogP contribution in [0.5, 0.6) is 0 Å². The normalized spacial score (nSPS) is 22.5. The number of fused-ring (bicyclic) bond motifs is 1. The van der Waals surface area contributed by atoms with Crippen LogP contribution in [0, 0.1) is 13.8 Å². The van der Waals surface area contributed by atoms with Gasteiger partial charge in [0.15, 0.2) is 0 Å². The number of nitrogens with zero attached hydrogens (tertiary/aromatic N) is 1. The van der Waals surface area contributed by atoms with Crippen LogP contribution in [0.15, 0.2) is 18.2 Å². The van der Waals surface area contributed by atoms with E-state index in [9.17, 15) is 14.7 Å². The van der Waals surface area contributed by atoms with E-state index in [4.69, 9.17) is 16.3 Å². The Morgan fingerprint density at radius 1 is 1.32 bits per heavy atom. The van der Waals surface area contributed by atoms with Crippen LogP contribution in [-0.2, 0) is 9.53 Å². The molecule has 0 saturated carbocycles. The van der Waals surface area contributed by atoms with Gasteiger partial charge in [0.05, 0.1) is 29.4 Å². The number of nitrogens with one attached hydrogen (secondary N) is 3. The topological polar surface area (TPSA) is 107 Å². The van der Waals surface area contributed by atoms with Gasteiger partial charge in [0, 0.05) is 53.8 Å². The number of halogens is 1. The van der Waals surface area contributed by atoms with Gasteiger partial charge in [-0.3, -0.25) is 14.5 Å². The van der Waals surface area contributed by atoms with Crippen LogP contribution in [0.25, 0.3) is 11.6 Å². The number of amides is 2. The maximum atomic E-state index is 13.0. The van der Waals surface area contributed by atoms with Crippen LogP contribution in [0.1, 0.15) is 46.7 Å². The van der Waals surface area contributed by atoms with Gasteiger partial charge in [-0.05, 0) is 57.5 Å². The van der Waals surface area contributed by atoms with Crippen molar-refractivity contribution in [1.29, 1.82) is 0 Å². The van der Waals surface area contributed by atoms with Crippen molar-refractivity contribution in [3.8, 4) is 0 Å². The van der Waals surface area contributed by atoms with Crippen molar-refractivity contribution in [2.24, 2.45) is 0 Å². The maximum absolute atomic E-state index is 13.0. The van der Waals surface area contributed by atoms with Gasteiger partial charge in [-0.25, -0.2) is 0 Å². The molecule has 4 N–H and O–H groups in total. The van der Waals surface area contributed by atoms with E-state index in [0.29, 0.717) is 39.8 Å². The Morgan fingerprint density at radius 3 is 2.74 bits per heavy atom. The summed E-state index contributed by atoms with van der Waals surface area (Å²) in [5.74, 6) is -0.484. The zero-order chi connectivity index (χ0) is 24.6. The lowest BCUT2D eigenvalue weighted by Crippen LogP contribution is -2.49. The molecule has 0 aliphatic carbocycles. The summed E-state index contributed by atoms with van der Waals surface area (Å²) in [5, 5.41) is 16.7. The number of aryl methyl sites for hydroxylation is 1. The predicted octanol–water partition coefficient (Wildman–Crippen LogP) is 2.98. The second-order valence-corrected chi connectivity index (χ2v) is 9.64. The number of carbonyl (C=O) groups excluding carboxylic acids is 2. The molecule has 2 aliphatic heterocycles. The molecule has 34 heavy (non-hydrogen) atoms. The molecular formula is C25H31ClN4O4. The number of β-amino-alcohol motifs (C(OH)–C–C–N with tert-alkyl or cyclic N) is 1. The Kier molecular flexibility index (Phi) is 7.14. The minimum Gasteiger partial charge on any atom is -0.390 e. The highest BCUT2D eigenvalue weighted by Gasteiger charge is 2.27. The molecule has 0 bridgehead atoms. The lowest BCUT2D eigenvalue weighted by molar-refractivity contribution is -0.110. The number of benzene rings is 1. The molecule has 2 aliphatic rings. The first-order chi connectivity index (χ1) is 16.1. The summed E-state index contributed by atoms with van der Waals surface area (Å²) < 4.78 is 5.73. The summed E-state index contributed by atoms with van der Waals surface area (Å²) in [6, 6.07) is 5.24. The molecule has 3 atom stereocenters. The number of aromatic nitrogens is 1. The smallest absolute Gasteiger partial charge is 0.256 e. The quantitative estimate of drug-likeness (QED) is 0.470. The molecule has 1 fully saturated rings. The number of H-pyrrole nitrogens is 1. The van der Waals surface area contributed by atoms with Crippen LogP contribution >= 0.6 is 11.6 Å². The van der Waals surface area contributed by atoms with Crippen LogP contribution in [0.2, 0.25) is 5.02 Å². The van der Waals surface area contributed by atoms with Crippen molar-refractivity contribution in [2.45, 2.75) is 46.0 Å². The number of aliphatic hydroxyl groups is 1. The first-order valence-electron chi connectivity index (χ1n) is 11.5. The fourth-order valence-corrected chi connectivity index (χ4v) is 4.97. The second-order valence-electron chi connectivity index (χ2n) is 9.21. The summed E-state index contributed by atoms with van der Waals surface area (Å²) >= 11 is 6.12.